The van der Waals surface area contributed by atoms with Crippen molar-refractivity contribution in [3.8, 4) is 0 Å². The molecule has 4 heteroatoms. The second-order valence-electron chi connectivity index (χ2n) is 2.38. The number of hydrogen-bond acceptors (Lipinski definition) is 2. The minimum Gasteiger partial charge on any atom is -0.275 e. The molecule has 1 fully saturated rings. The summed E-state index contributed by atoms with van der Waals surface area (Å²) in [6, 6.07) is 0. The molecule has 0 aliphatic heterocycles. The van der Waals surface area contributed by atoms with E-state index in [4.69, 9.17) is 4.84 Å². The van der Waals surface area contributed by atoms with Gasteiger partial charge in [-0.15, -0.1) is 0 Å². The number of amides is 1. The van der Waals surface area contributed by atoms with Crippen molar-refractivity contribution in [2.45, 2.75) is 10.3 Å². The monoisotopic (exact) mass is 255 g/mol. The average molecular weight is 255 g/mol. The molecule has 1 aliphatic carbocycles. The fraction of sp³-hybridized carbons (Fsp3) is 0.833. The van der Waals surface area contributed by atoms with Gasteiger partial charge in [-0.05, 0) is 6.42 Å². The summed E-state index contributed by atoms with van der Waals surface area (Å²) in [6.45, 7) is 0. The molecule has 58 valence electrons. The van der Waals surface area contributed by atoms with Crippen LogP contribution in [0.5, 0.6) is 0 Å². The smallest absolute Gasteiger partial charge is 0.250 e. The minimum atomic E-state index is 0.0990. The molecule has 0 aromatic rings. The van der Waals surface area contributed by atoms with Gasteiger partial charge in [-0.3, -0.25) is 9.63 Å². The van der Waals surface area contributed by atoms with Crippen LogP contribution in [0.4, 0.5) is 0 Å². The van der Waals surface area contributed by atoms with Gasteiger partial charge >= 0.3 is 0 Å². The fourth-order valence-corrected chi connectivity index (χ4v) is 1.60. The molecule has 0 radical (unpaired) electrons. The third kappa shape index (κ3) is 1.60. The molecule has 0 aromatic heterocycles. The van der Waals surface area contributed by atoms with Crippen LogP contribution in [0.25, 0.3) is 0 Å². The molecule has 0 heterocycles. The van der Waals surface area contributed by atoms with Crippen molar-refractivity contribution in [1.29, 1.82) is 0 Å². The van der Waals surface area contributed by atoms with Crippen LogP contribution in [0.1, 0.15) is 6.42 Å². The molecule has 0 aromatic carbocycles. The van der Waals surface area contributed by atoms with Crippen LogP contribution < -0.4 is 0 Å². The SMILES string of the molecule is CON(C)C(=O)[C@@H]1C[C@@H]1I. The summed E-state index contributed by atoms with van der Waals surface area (Å²) in [6.07, 6.45) is 1.01. The quantitative estimate of drug-likeness (QED) is 0.415. The molecule has 10 heavy (non-hydrogen) atoms. The van der Waals surface area contributed by atoms with Gasteiger partial charge in [0.25, 0.3) is 0 Å². The Morgan fingerprint density at radius 3 is 2.60 bits per heavy atom. The fourth-order valence-electron chi connectivity index (χ4n) is 0.743. The van der Waals surface area contributed by atoms with Gasteiger partial charge in [0.1, 0.15) is 0 Å². The number of hydroxylamine groups is 2. The summed E-state index contributed by atoms with van der Waals surface area (Å²) >= 11 is 2.28. The first-order valence-corrected chi connectivity index (χ1v) is 4.37. The van der Waals surface area contributed by atoms with E-state index in [9.17, 15) is 4.79 Å². The predicted octanol–water partition coefficient (Wildman–Crippen LogP) is 0.830. The van der Waals surface area contributed by atoms with Gasteiger partial charge in [0, 0.05) is 11.0 Å². The summed E-state index contributed by atoms with van der Waals surface area (Å²) in [5.74, 6) is 0.312. The maximum Gasteiger partial charge on any atom is 0.250 e. The highest BCUT2D eigenvalue weighted by molar-refractivity contribution is 14.1. The normalized spacial score (nSPS) is 29.9. The largest absolute Gasteiger partial charge is 0.275 e. The second kappa shape index (κ2) is 3.04. The molecule has 1 rings (SSSR count). The molecule has 0 bridgehead atoms. The van der Waals surface area contributed by atoms with Crippen molar-refractivity contribution in [3.63, 3.8) is 0 Å². The molecular formula is C6H10INO2. The Morgan fingerprint density at radius 2 is 2.30 bits per heavy atom. The first-order chi connectivity index (χ1) is 4.66. The molecule has 0 N–H and O–H groups in total. The van der Waals surface area contributed by atoms with Crippen LogP contribution >= 0.6 is 22.6 Å². The highest BCUT2D eigenvalue weighted by Gasteiger charge is 2.42. The van der Waals surface area contributed by atoms with Gasteiger partial charge < -0.3 is 0 Å². The van der Waals surface area contributed by atoms with Gasteiger partial charge in [-0.1, -0.05) is 22.6 Å². The van der Waals surface area contributed by atoms with E-state index >= 15 is 0 Å². The lowest BCUT2D eigenvalue weighted by Crippen LogP contribution is -2.27. The Hall–Kier alpha value is 0.160. The maximum atomic E-state index is 11.1. The van der Waals surface area contributed by atoms with E-state index in [0.29, 0.717) is 3.92 Å². The zero-order valence-electron chi connectivity index (χ0n) is 6.00. The Bertz CT molecular complexity index is 145. The molecule has 0 saturated heterocycles. The summed E-state index contributed by atoms with van der Waals surface area (Å²) in [5, 5.41) is 1.29. The number of carbonyl (C=O) groups excluding carboxylic acids is 1. The first kappa shape index (κ1) is 8.26. The predicted molar refractivity (Wildman–Crippen MR) is 45.7 cm³/mol. The molecule has 1 aliphatic rings. The summed E-state index contributed by atoms with van der Waals surface area (Å²) < 4.78 is 0.530. The van der Waals surface area contributed by atoms with E-state index in [2.05, 4.69) is 22.6 Å². The molecule has 1 amide bonds. The van der Waals surface area contributed by atoms with Crippen LogP contribution in [-0.2, 0) is 9.63 Å². The van der Waals surface area contributed by atoms with Gasteiger partial charge in [0.2, 0.25) is 5.91 Å². The van der Waals surface area contributed by atoms with Crippen LogP contribution in [0, 0.1) is 5.92 Å². The lowest BCUT2D eigenvalue weighted by molar-refractivity contribution is -0.170. The van der Waals surface area contributed by atoms with Crippen LogP contribution in [0.3, 0.4) is 0 Å². The topological polar surface area (TPSA) is 29.5 Å². The van der Waals surface area contributed by atoms with E-state index in [-0.39, 0.29) is 11.8 Å². The zero-order chi connectivity index (χ0) is 7.72. The van der Waals surface area contributed by atoms with E-state index in [0.717, 1.165) is 6.42 Å². The Morgan fingerprint density at radius 1 is 1.80 bits per heavy atom. The summed E-state index contributed by atoms with van der Waals surface area (Å²) in [7, 11) is 3.15. The molecule has 0 spiro atoms. The van der Waals surface area contributed by atoms with Gasteiger partial charge in [-0.2, -0.15) is 0 Å². The Kier molecular flexibility index (Phi) is 2.51. The Labute approximate surface area is 73.8 Å². The first-order valence-electron chi connectivity index (χ1n) is 3.12. The third-order valence-corrected chi connectivity index (χ3v) is 2.99. The minimum absolute atomic E-state index is 0.0990. The van der Waals surface area contributed by atoms with Crippen LogP contribution in [-0.4, -0.2) is 29.1 Å². The number of nitrogens with zero attached hydrogens (tertiary/aromatic N) is 1. The molecular weight excluding hydrogens is 245 g/mol. The Balaban J connectivity index is 2.35. The van der Waals surface area contributed by atoms with Gasteiger partial charge in [0.15, 0.2) is 0 Å². The van der Waals surface area contributed by atoms with E-state index in [1.165, 1.54) is 12.2 Å². The van der Waals surface area contributed by atoms with Crippen LogP contribution in [0.15, 0.2) is 0 Å². The van der Waals surface area contributed by atoms with Crippen LogP contribution in [0.2, 0.25) is 0 Å². The van der Waals surface area contributed by atoms with E-state index in [1.54, 1.807) is 7.05 Å². The van der Waals surface area contributed by atoms with Crippen molar-refractivity contribution < 1.29 is 9.63 Å². The molecule has 3 nitrogen and oxygen atoms in total. The van der Waals surface area contributed by atoms with Crippen molar-refractivity contribution >= 4 is 28.5 Å². The maximum absolute atomic E-state index is 11.1. The molecule has 1 saturated carbocycles. The van der Waals surface area contributed by atoms with Crippen molar-refractivity contribution in [1.82, 2.24) is 5.06 Å². The molecule has 2 atom stereocenters. The van der Waals surface area contributed by atoms with Crippen molar-refractivity contribution in [3.05, 3.63) is 0 Å². The highest BCUT2D eigenvalue weighted by atomic mass is 127. The highest BCUT2D eigenvalue weighted by Crippen LogP contribution is 2.39. The zero-order valence-corrected chi connectivity index (χ0v) is 8.16. The third-order valence-electron chi connectivity index (χ3n) is 1.61. The summed E-state index contributed by atoms with van der Waals surface area (Å²) in [5.41, 5.74) is 0. The van der Waals surface area contributed by atoms with Crippen molar-refractivity contribution in [2.24, 2.45) is 5.92 Å². The van der Waals surface area contributed by atoms with Gasteiger partial charge in [0.05, 0.1) is 13.0 Å². The van der Waals surface area contributed by atoms with Gasteiger partial charge in [-0.25, -0.2) is 5.06 Å². The lowest BCUT2D eigenvalue weighted by atomic mass is 10.4. The second-order valence-corrected chi connectivity index (χ2v) is 3.98. The average Bonchev–Trinajstić information content (AvgIpc) is 2.63. The number of hydrogen-bond donors (Lipinski definition) is 0. The molecule has 0 unspecified atom stereocenters. The summed E-state index contributed by atoms with van der Waals surface area (Å²) in [4.78, 5) is 15.9. The number of alkyl halides is 1. The lowest BCUT2D eigenvalue weighted by Gasteiger charge is -2.12. The van der Waals surface area contributed by atoms with E-state index in [1.807, 2.05) is 0 Å². The number of rotatable bonds is 2. The number of halogens is 1. The standard InChI is InChI=1S/C6H10INO2/c1-8(10-2)6(9)4-3-5(4)7/h4-5H,3H2,1-2H3/t4-,5+/m1/s1. The number of carbonyl (C=O) groups is 1. The van der Waals surface area contributed by atoms with E-state index < -0.39 is 0 Å². The van der Waals surface area contributed by atoms with Crippen molar-refractivity contribution in [2.75, 3.05) is 14.2 Å².